The first-order valence-electron chi connectivity index (χ1n) is 4.45. The molecule has 0 rings (SSSR count). The molecule has 1 heteroatoms. The fraction of sp³-hybridized carbons (Fsp3) is 0.800. The Kier molecular flexibility index (Phi) is 8.26. The summed E-state index contributed by atoms with van der Waals surface area (Å²) in [5.74, 6) is 0. The number of allylic oxidation sites excluding steroid dienone is 1. The Morgan fingerprint density at radius 1 is 1.36 bits per heavy atom. The first kappa shape index (κ1) is 11.1. The molecule has 1 atom stereocenters. The van der Waals surface area contributed by atoms with Crippen LogP contribution in [0.5, 0.6) is 0 Å². The molecule has 0 amide bonds. The number of thioether (sulfide) groups is 1. The van der Waals surface area contributed by atoms with Crippen LogP contribution in [0.25, 0.3) is 0 Å². The molecule has 0 aliphatic rings. The van der Waals surface area contributed by atoms with Gasteiger partial charge in [0.25, 0.3) is 0 Å². The first-order chi connectivity index (χ1) is 5.31. The van der Waals surface area contributed by atoms with E-state index in [9.17, 15) is 0 Å². The molecule has 0 aromatic heterocycles. The fourth-order valence-corrected chi connectivity index (χ4v) is 1.42. The van der Waals surface area contributed by atoms with Gasteiger partial charge in [-0.05, 0) is 25.5 Å². The quantitative estimate of drug-likeness (QED) is 0.415. The lowest BCUT2D eigenvalue weighted by Gasteiger charge is -2.06. The summed E-state index contributed by atoms with van der Waals surface area (Å²) in [6.45, 7) is 6.01. The molecule has 0 heterocycles. The Morgan fingerprint density at radius 3 is 2.64 bits per heavy atom. The number of rotatable bonds is 7. The van der Waals surface area contributed by atoms with Crippen molar-refractivity contribution in [3.05, 3.63) is 12.7 Å². The third-order valence-electron chi connectivity index (χ3n) is 1.92. The molecule has 0 aliphatic heterocycles. The van der Waals surface area contributed by atoms with Crippen LogP contribution in [0.3, 0.4) is 0 Å². The zero-order valence-corrected chi connectivity index (χ0v) is 8.62. The summed E-state index contributed by atoms with van der Waals surface area (Å²) in [7, 11) is 0. The summed E-state index contributed by atoms with van der Waals surface area (Å²) < 4.78 is 0. The van der Waals surface area contributed by atoms with Crippen LogP contribution in [0.4, 0.5) is 0 Å². The van der Waals surface area contributed by atoms with Gasteiger partial charge in [-0.1, -0.05) is 25.8 Å². The predicted octanol–water partition coefficient (Wildman–Crippen LogP) is 3.87. The van der Waals surface area contributed by atoms with Gasteiger partial charge in [0, 0.05) is 5.25 Å². The lowest BCUT2D eigenvalue weighted by Crippen LogP contribution is -1.93. The van der Waals surface area contributed by atoms with Crippen molar-refractivity contribution in [2.45, 2.75) is 44.3 Å². The summed E-state index contributed by atoms with van der Waals surface area (Å²) in [6, 6.07) is 0. The van der Waals surface area contributed by atoms with E-state index in [1.165, 1.54) is 32.1 Å². The normalized spacial score (nSPS) is 12.9. The van der Waals surface area contributed by atoms with Crippen LogP contribution in [0.15, 0.2) is 12.7 Å². The summed E-state index contributed by atoms with van der Waals surface area (Å²) in [6.07, 6.45) is 10.8. The highest BCUT2D eigenvalue weighted by molar-refractivity contribution is 7.99. The molecule has 0 fully saturated rings. The Morgan fingerprint density at radius 2 is 2.09 bits per heavy atom. The van der Waals surface area contributed by atoms with E-state index in [1.54, 1.807) is 0 Å². The Bertz CT molecular complexity index is 88.9. The van der Waals surface area contributed by atoms with Crippen LogP contribution in [0.2, 0.25) is 0 Å². The lowest BCUT2D eigenvalue weighted by molar-refractivity contribution is 0.645. The highest BCUT2D eigenvalue weighted by atomic mass is 32.2. The Balaban J connectivity index is 2.95. The van der Waals surface area contributed by atoms with Crippen LogP contribution in [0.1, 0.15) is 39.0 Å². The minimum absolute atomic E-state index is 0.846. The number of unbranched alkanes of at least 4 members (excludes halogenated alkanes) is 3. The maximum atomic E-state index is 3.71. The molecular weight excluding hydrogens is 152 g/mol. The molecule has 0 nitrogen and oxygen atoms in total. The molecule has 0 N–H and O–H groups in total. The highest BCUT2D eigenvalue weighted by Crippen LogP contribution is 2.14. The molecule has 66 valence electrons. The monoisotopic (exact) mass is 172 g/mol. The van der Waals surface area contributed by atoms with Crippen LogP contribution < -0.4 is 0 Å². The van der Waals surface area contributed by atoms with Gasteiger partial charge in [-0.15, -0.1) is 6.58 Å². The van der Waals surface area contributed by atoms with Crippen molar-refractivity contribution < 1.29 is 0 Å². The van der Waals surface area contributed by atoms with Gasteiger partial charge in [0.05, 0.1) is 0 Å². The second-order valence-electron chi connectivity index (χ2n) is 2.97. The third kappa shape index (κ3) is 7.99. The second-order valence-corrected chi connectivity index (χ2v) is 4.25. The van der Waals surface area contributed by atoms with E-state index in [-0.39, 0.29) is 0 Å². The van der Waals surface area contributed by atoms with Gasteiger partial charge < -0.3 is 0 Å². The second kappa shape index (κ2) is 8.19. The summed E-state index contributed by atoms with van der Waals surface area (Å²) in [4.78, 5) is 0. The van der Waals surface area contributed by atoms with Crippen LogP contribution in [0, 0.1) is 0 Å². The molecule has 0 bridgehead atoms. The van der Waals surface area contributed by atoms with Gasteiger partial charge in [0.15, 0.2) is 0 Å². The van der Waals surface area contributed by atoms with E-state index >= 15 is 0 Å². The van der Waals surface area contributed by atoms with Crippen molar-refractivity contribution in [1.82, 2.24) is 0 Å². The zero-order valence-electron chi connectivity index (χ0n) is 7.81. The molecule has 0 spiro atoms. The first-order valence-corrected chi connectivity index (χ1v) is 5.73. The van der Waals surface area contributed by atoms with Crippen molar-refractivity contribution in [3.8, 4) is 0 Å². The summed E-state index contributed by atoms with van der Waals surface area (Å²) in [5, 5.41) is 0.846. The molecule has 1 unspecified atom stereocenters. The molecular formula is C10H20S. The third-order valence-corrected chi connectivity index (χ3v) is 2.96. The van der Waals surface area contributed by atoms with Gasteiger partial charge in [0.1, 0.15) is 0 Å². The smallest absolute Gasteiger partial charge is 0.00159 e. The summed E-state index contributed by atoms with van der Waals surface area (Å²) >= 11 is 1.97. The van der Waals surface area contributed by atoms with Crippen molar-refractivity contribution in [2.24, 2.45) is 0 Å². The standard InChI is InChI=1S/C10H20S/c1-4-5-6-7-8-9-10(2)11-3/h4,10H,1,5-9H2,2-3H3. The van der Waals surface area contributed by atoms with E-state index in [4.69, 9.17) is 0 Å². The van der Waals surface area contributed by atoms with Crippen molar-refractivity contribution in [1.29, 1.82) is 0 Å². The fourth-order valence-electron chi connectivity index (χ4n) is 1.02. The van der Waals surface area contributed by atoms with Crippen molar-refractivity contribution in [3.63, 3.8) is 0 Å². The maximum absolute atomic E-state index is 3.71. The van der Waals surface area contributed by atoms with Crippen LogP contribution in [-0.4, -0.2) is 11.5 Å². The average Bonchev–Trinajstić information content (AvgIpc) is 2.04. The zero-order chi connectivity index (χ0) is 8.53. The molecule has 0 radical (unpaired) electrons. The maximum Gasteiger partial charge on any atom is 0.00159 e. The molecule has 0 aromatic carbocycles. The largest absolute Gasteiger partial charge is 0.162 e. The van der Waals surface area contributed by atoms with Gasteiger partial charge in [-0.3, -0.25) is 0 Å². The minimum atomic E-state index is 0.846. The molecule has 0 saturated heterocycles. The Labute approximate surface area is 75.5 Å². The van der Waals surface area contributed by atoms with Gasteiger partial charge in [0.2, 0.25) is 0 Å². The lowest BCUT2D eigenvalue weighted by atomic mass is 10.1. The van der Waals surface area contributed by atoms with E-state index in [1.807, 2.05) is 17.8 Å². The SMILES string of the molecule is C=CCCCCCC(C)SC. The van der Waals surface area contributed by atoms with Crippen molar-refractivity contribution in [2.75, 3.05) is 6.26 Å². The van der Waals surface area contributed by atoms with E-state index < -0.39 is 0 Å². The van der Waals surface area contributed by atoms with Crippen LogP contribution in [-0.2, 0) is 0 Å². The van der Waals surface area contributed by atoms with Gasteiger partial charge in [-0.2, -0.15) is 11.8 Å². The predicted molar refractivity (Wildman–Crippen MR) is 56.3 cm³/mol. The number of hydrogen-bond acceptors (Lipinski definition) is 1. The summed E-state index contributed by atoms with van der Waals surface area (Å²) in [5.41, 5.74) is 0. The van der Waals surface area contributed by atoms with E-state index in [2.05, 4.69) is 19.8 Å². The minimum Gasteiger partial charge on any atom is -0.162 e. The van der Waals surface area contributed by atoms with Gasteiger partial charge >= 0.3 is 0 Å². The van der Waals surface area contributed by atoms with Gasteiger partial charge in [-0.25, -0.2) is 0 Å². The molecule has 0 aromatic rings. The van der Waals surface area contributed by atoms with Crippen molar-refractivity contribution >= 4 is 11.8 Å². The molecule has 0 aliphatic carbocycles. The Hall–Kier alpha value is 0.0900. The highest BCUT2D eigenvalue weighted by Gasteiger charge is 1.97. The van der Waals surface area contributed by atoms with E-state index in [0.29, 0.717) is 0 Å². The average molecular weight is 172 g/mol. The van der Waals surface area contributed by atoms with Crippen LogP contribution >= 0.6 is 11.8 Å². The molecule has 11 heavy (non-hydrogen) atoms. The topological polar surface area (TPSA) is 0 Å². The number of hydrogen-bond donors (Lipinski definition) is 0. The van der Waals surface area contributed by atoms with E-state index in [0.717, 1.165) is 5.25 Å². The molecule has 0 saturated carbocycles.